The van der Waals surface area contributed by atoms with Crippen LogP contribution in [0.15, 0.2) is 47.5 Å². The van der Waals surface area contributed by atoms with Crippen LogP contribution in [0.5, 0.6) is 0 Å². The monoisotopic (exact) mass is 359 g/mol. The van der Waals surface area contributed by atoms with E-state index in [4.69, 9.17) is 5.11 Å². The Morgan fingerprint density at radius 3 is 2.68 bits per heavy atom. The number of rotatable bonds is 5. The van der Waals surface area contributed by atoms with Crippen LogP contribution in [0.4, 0.5) is 5.69 Å². The molecule has 0 aliphatic carbocycles. The van der Waals surface area contributed by atoms with Crippen molar-refractivity contribution in [1.82, 2.24) is 9.78 Å². The molecule has 2 aromatic carbocycles. The number of benzene rings is 2. The molecule has 2 N–H and O–H groups in total. The van der Waals surface area contributed by atoms with E-state index in [1.54, 1.807) is 29.8 Å². The van der Waals surface area contributed by atoms with Gasteiger partial charge in [-0.3, -0.25) is 9.40 Å². The average Bonchev–Trinajstić information content (AvgIpc) is 2.96. The number of anilines is 1. The van der Waals surface area contributed by atoms with Gasteiger partial charge in [0.1, 0.15) is 0 Å². The zero-order valence-electron chi connectivity index (χ0n) is 13.7. The number of nitrogens with zero attached hydrogens (tertiary/aromatic N) is 2. The van der Waals surface area contributed by atoms with Crippen molar-refractivity contribution in [3.8, 4) is 0 Å². The average molecular weight is 359 g/mol. The van der Waals surface area contributed by atoms with Gasteiger partial charge < -0.3 is 5.11 Å². The summed E-state index contributed by atoms with van der Waals surface area (Å²) in [6.07, 6.45) is 1.88. The van der Waals surface area contributed by atoms with Crippen LogP contribution in [0.1, 0.15) is 22.8 Å². The molecule has 0 saturated carbocycles. The van der Waals surface area contributed by atoms with Crippen LogP contribution >= 0.6 is 0 Å². The Kier molecular flexibility index (Phi) is 4.22. The lowest BCUT2D eigenvalue weighted by Crippen LogP contribution is -2.15. The van der Waals surface area contributed by atoms with E-state index in [-0.39, 0.29) is 10.5 Å². The molecule has 3 rings (SSSR count). The van der Waals surface area contributed by atoms with Crippen LogP contribution in [0.25, 0.3) is 10.9 Å². The number of aryl methyl sites for hydroxylation is 2. The van der Waals surface area contributed by atoms with Gasteiger partial charge in [-0.2, -0.15) is 5.10 Å². The Morgan fingerprint density at radius 2 is 2.00 bits per heavy atom. The van der Waals surface area contributed by atoms with Gasteiger partial charge in [-0.05, 0) is 49.7 Å². The van der Waals surface area contributed by atoms with Gasteiger partial charge in [-0.25, -0.2) is 13.2 Å². The lowest BCUT2D eigenvalue weighted by Gasteiger charge is -2.11. The highest BCUT2D eigenvalue weighted by Crippen LogP contribution is 2.23. The van der Waals surface area contributed by atoms with Crippen molar-refractivity contribution in [3.05, 3.63) is 53.7 Å². The van der Waals surface area contributed by atoms with E-state index in [1.165, 1.54) is 12.1 Å². The fourth-order valence-corrected chi connectivity index (χ4v) is 3.85. The van der Waals surface area contributed by atoms with Crippen LogP contribution in [-0.2, 0) is 16.6 Å². The molecule has 3 aromatic rings. The summed E-state index contributed by atoms with van der Waals surface area (Å²) < 4.78 is 29.6. The number of carboxylic acids is 1. The summed E-state index contributed by atoms with van der Waals surface area (Å²) >= 11 is 0. The largest absolute Gasteiger partial charge is 0.478 e. The van der Waals surface area contributed by atoms with E-state index < -0.39 is 16.0 Å². The third-order valence-corrected chi connectivity index (χ3v) is 5.38. The Bertz CT molecular complexity index is 1070. The predicted molar refractivity (Wildman–Crippen MR) is 94.4 cm³/mol. The summed E-state index contributed by atoms with van der Waals surface area (Å²) in [5.41, 5.74) is 1.43. The molecule has 7 nitrogen and oxygen atoms in total. The molecule has 0 bridgehead atoms. The van der Waals surface area contributed by atoms with E-state index in [9.17, 15) is 13.2 Å². The third-order valence-electron chi connectivity index (χ3n) is 3.86. The molecule has 8 heteroatoms. The molecule has 0 unspecified atom stereocenters. The summed E-state index contributed by atoms with van der Waals surface area (Å²) in [4.78, 5) is 11.0. The van der Waals surface area contributed by atoms with Gasteiger partial charge in [-0.1, -0.05) is 6.07 Å². The van der Waals surface area contributed by atoms with Gasteiger partial charge in [0.05, 0.1) is 21.7 Å². The van der Waals surface area contributed by atoms with E-state index in [1.807, 2.05) is 13.1 Å². The van der Waals surface area contributed by atoms with Crippen LogP contribution in [-0.4, -0.2) is 29.3 Å². The molecule has 130 valence electrons. The molecule has 0 spiro atoms. The van der Waals surface area contributed by atoms with Gasteiger partial charge in [0, 0.05) is 18.1 Å². The van der Waals surface area contributed by atoms with Crippen LogP contribution < -0.4 is 4.72 Å². The second-order valence-corrected chi connectivity index (χ2v) is 7.30. The van der Waals surface area contributed by atoms with Crippen molar-refractivity contribution < 1.29 is 18.3 Å². The maximum Gasteiger partial charge on any atom is 0.335 e. The second-order valence-electron chi connectivity index (χ2n) is 5.65. The molecule has 0 aliphatic rings. The minimum absolute atomic E-state index is 0.0633. The van der Waals surface area contributed by atoms with Gasteiger partial charge in [0.2, 0.25) is 0 Å². The van der Waals surface area contributed by atoms with Gasteiger partial charge in [0.25, 0.3) is 10.0 Å². The highest BCUT2D eigenvalue weighted by molar-refractivity contribution is 7.92. The van der Waals surface area contributed by atoms with Gasteiger partial charge >= 0.3 is 5.97 Å². The smallest absolute Gasteiger partial charge is 0.335 e. The lowest BCUT2D eigenvalue weighted by atomic mass is 10.1. The molecule has 0 radical (unpaired) electrons. The molecule has 0 saturated heterocycles. The first-order valence-electron chi connectivity index (χ1n) is 7.64. The fraction of sp³-hybridized carbons (Fsp3) is 0.176. The van der Waals surface area contributed by atoms with Crippen LogP contribution in [0, 0.1) is 6.92 Å². The summed E-state index contributed by atoms with van der Waals surface area (Å²) in [7, 11) is -3.92. The number of sulfonamides is 1. The van der Waals surface area contributed by atoms with Crippen LogP contribution in [0.3, 0.4) is 0 Å². The quantitative estimate of drug-likeness (QED) is 0.729. The van der Waals surface area contributed by atoms with Crippen molar-refractivity contribution in [2.45, 2.75) is 25.3 Å². The summed E-state index contributed by atoms with van der Waals surface area (Å²) in [6.45, 7) is 4.30. The minimum Gasteiger partial charge on any atom is -0.478 e. The first-order chi connectivity index (χ1) is 11.8. The number of hydrogen-bond acceptors (Lipinski definition) is 4. The molecule has 25 heavy (non-hydrogen) atoms. The summed E-state index contributed by atoms with van der Waals surface area (Å²) in [5, 5.41) is 14.3. The number of carboxylic acid groups (broad SMARTS) is 1. The Balaban J connectivity index is 1.99. The molecular weight excluding hydrogens is 342 g/mol. The first-order valence-corrected chi connectivity index (χ1v) is 9.12. The van der Waals surface area contributed by atoms with E-state index >= 15 is 0 Å². The van der Waals surface area contributed by atoms with Crippen LogP contribution in [0.2, 0.25) is 0 Å². The predicted octanol–water partition coefficient (Wildman–Crippen LogP) is 2.86. The Hall–Kier alpha value is -2.87. The topological polar surface area (TPSA) is 101 Å². The van der Waals surface area contributed by atoms with Crippen molar-refractivity contribution in [2.75, 3.05) is 4.72 Å². The van der Waals surface area contributed by atoms with Crippen molar-refractivity contribution >= 4 is 32.6 Å². The number of fused-ring (bicyclic) bond motifs is 1. The van der Waals surface area contributed by atoms with E-state index in [0.717, 1.165) is 18.0 Å². The van der Waals surface area contributed by atoms with Crippen molar-refractivity contribution in [2.24, 2.45) is 0 Å². The van der Waals surface area contributed by atoms with Gasteiger partial charge in [0.15, 0.2) is 0 Å². The van der Waals surface area contributed by atoms with E-state index in [0.29, 0.717) is 16.8 Å². The highest BCUT2D eigenvalue weighted by Gasteiger charge is 2.19. The maximum absolute atomic E-state index is 12.7. The van der Waals surface area contributed by atoms with Gasteiger partial charge in [-0.15, -0.1) is 0 Å². The number of aromatic carboxylic acids is 1. The normalized spacial score (nSPS) is 11.6. The maximum atomic E-state index is 12.7. The molecular formula is C17H17N3O4S. The Labute approximate surface area is 145 Å². The first kappa shape index (κ1) is 17.0. The fourth-order valence-electron chi connectivity index (χ4n) is 2.53. The van der Waals surface area contributed by atoms with Crippen molar-refractivity contribution in [3.63, 3.8) is 0 Å². The Morgan fingerprint density at radius 1 is 1.24 bits per heavy atom. The number of hydrogen-bond donors (Lipinski definition) is 2. The molecule has 0 aliphatic heterocycles. The molecule has 0 atom stereocenters. The minimum atomic E-state index is -3.92. The number of nitrogens with one attached hydrogen (secondary N) is 1. The number of aromatic nitrogens is 2. The van der Waals surface area contributed by atoms with E-state index in [2.05, 4.69) is 9.82 Å². The van der Waals surface area contributed by atoms with Crippen molar-refractivity contribution in [1.29, 1.82) is 0 Å². The molecule has 1 heterocycles. The zero-order chi connectivity index (χ0) is 18.2. The molecule has 1 aromatic heterocycles. The molecule has 0 fully saturated rings. The number of carbonyl (C=O) groups is 1. The summed E-state index contributed by atoms with van der Waals surface area (Å²) in [6, 6.07) is 9.09. The third kappa shape index (κ3) is 3.34. The highest BCUT2D eigenvalue weighted by atomic mass is 32.2. The standard InChI is InChI=1S/C17H17N3O4S/c1-3-20-10-13-6-7-14(9-15(13)18-20)19-25(23,24)16-8-12(17(21)22)5-4-11(16)2/h4-10,19H,3H2,1-2H3,(H,21,22). The SMILES string of the molecule is CCn1cc2ccc(NS(=O)(=O)c3cc(C(=O)O)ccc3C)cc2n1. The second kappa shape index (κ2) is 6.21. The molecule has 0 amide bonds. The summed E-state index contributed by atoms with van der Waals surface area (Å²) in [5.74, 6) is -1.18. The zero-order valence-corrected chi connectivity index (χ0v) is 14.5. The lowest BCUT2D eigenvalue weighted by molar-refractivity contribution is 0.0696.